The van der Waals surface area contributed by atoms with Crippen LogP contribution in [0.5, 0.6) is 0 Å². The lowest BCUT2D eigenvalue weighted by Crippen LogP contribution is -2.02. The fraction of sp³-hybridized carbons (Fsp3) is 0.300. The van der Waals surface area contributed by atoms with Crippen LogP contribution in [0, 0.1) is 10.1 Å². The molecule has 0 aliphatic rings. The first-order chi connectivity index (χ1) is 7.95. The van der Waals surface area contributed by atoms with Gasteiger partial charge < -0.3 is 0 Å². The number of halogens is 2. The smallest absolute Gasteiger partial charge is 0.274 e. The summed E-state index contributed by atoms with van der Waals surface area (Å²) in [6.07, 6.45) is -0.0221. The zero-order valence-corrected chi connectivity index (χ0v) is 11.2. The molecule has 0 atom stereocenters. The van der Waals surface area contributed by atoms with E-state index in [-0.39, 0.29) is 32.8 Å². The molecule has 92 valence electrons. The topological polar surface area (TPSA) is 60.2 Å². The number of nitro groups is 1. The summed E-state index contributed by atoms with van der Waals surface area (Å²) in [6.45, 7) is 1.84. The second-order valence-electron chi connectivity index (χ2n) is 3.13. The first-order valence-electron chi connectivity index (χ1n) is 4.73. The molecule has 1 aromatic rings. The van der Waals surface area contributed by atoms with Crippen LogP contribution in [0.1, 0.15) is 12.5 Å². The maximum absolute atomic E-state index is 11.4. The van der Waals surface area contributed by atoms with Crippen LogP contribution in [-0.2, 0) is 11.2 Å². The van der Waals surface area contributed by atoms with Gasteiger partial charge in [-0.3, -0.25) is 14.9 Å². The zero-order valence-electron chi connectivity index (χ0n) is 8.91. The van der Waals surface area contributed by atoms with Crippen LogP contribution >= 0.6 is 35.0 Å². The third-order valence-corrected chi connectivity index (χ3v) is 3.44. The van der Waals surface area contributed by atoms with Gasteiger partial charge in [-0.05, 0) is 11.8 Å². The van der Waals surface area contributed by atoms with Crippen LogP contribution in [0.3, 0.4) is 0 Å². The molecule has 17 heavy (non-hydrogen) atoms. The molecule has 1 rings (SSSR count). The summed E-state index contributed by atoms with van der Waals surface area (Å²) < 4.78 is 0. The molecule has 0 aliphatic heterocycles. The van der Waals surface area contributed by atoms with E-state index in [4.69, 9.17) is 23.2 Å². The number of rotatable bonds is 4. The molecular formula is C10H9Cl2NO3S. The molecule has 4 nitrogen and oxygen atoms in total. The lowest BCUT2D eigenvalue weighted by atomic mass is 10.1. The summed E-state index contributed by atoms with van der Waals surface area (Å²) in [5.41, 5.74) is 0.111. The third-order valence-electron chi connectivity index (χ3n) is 1.96. The van der Waals surface area contributed by atoms with E-state index in [1.807, 2.05) is 6.92 Å². The van der Waals surface area contributed by atoms with Crippen LogP contribution < -0.4 is 0 Å². The number of benzene rings is 1. The van der Waals surface area contributed by atoms with Crippen molar-refractivity contribution < 1.29 is 9.72 Å². The Labute approximate surface area is 112 Å². The van der Waals surface area contributed by atoms with Crippen LogP contribution in [0.15, 0.2) is 12.1 Å². The summed E-state index contributed by atoms with van der Waals surface area (Å²) in [7, 11) is 0. The van der Waals surface area contributed by atoms with E-state index >= 15 is 0 Å². The largest absolute Gasteiger partial charge is 0.287 e. The minimum absolute atomic E-state index is 0.0221. The number of nitro benzene ring substituents is 1. The summed E-state index contributed by atoms with van der Waals surface area (Å²) in [4.78, 5) is 21.7. The summed E-state index contributed by atoms with van der Waals surface area (Å²) >= 11 is 12.6. The molecule has 0 bridgehead atoms. The van der Waals surface area contributed by atoms with Gasteiger partial charge in [0.2, 0.25) is 0 Å². The van der Waals surface area contributed by atoms with Crippen molar-refractivity contribution in [2.24, 2.45) is 0 Å². The molecule has 0 saturated heterocycles. The molecule has 7 heteroatoms. The Hall–Kier alpha value is -0.780. The highest BCUT2D eigenvalue weighted by Gasteiger charge is 2.19. The van der Waals surface area contributed by atoms with E-state index in [9.17, 15) is 14.9 Å². The van der Waals surface area contributed by atoms with Crippen molar-refractivity contribution in [2.75, 3.05) is 5.75 Å². The van der Waals surface area contributed by atoms with Crippen molar-refractivity contribution in [2.45, 2.75) is 13.3 Å². The van der Waals surface area contributed by atoms with Crippen LogP contribution in [0.4, 0.5) is 5.69 Å². The Morgan fingerprint density at radius 3 is 2.53 bits per heavy atom. The Morgan fingerprint density at radius 1 is 1.41 bits per heavy atom. The Bertz CT molecular complexity index is 465. The maximum Gasteiger partial charge on any atom is 0.274 e. The molecule has 0 saturated carbocycles. The fourth-order valence-electron chi connectivity index (χ4n) is 1.26. The third kappa shape index (κ3) is 3.87. The van der Waals surface area contributed by atoms with E-state index < -0.39 is 4.92 Å². The monoisotopic (exact) mass is 293 g/mol. The first-order valence-corrected chi connectivity index (χ1v) is 6.47. The maximum atomic E-state index is 11.4. The van der Waals surface area contributed by atoms with Gasteiger partial charge in [0, 0.05) is 18.1 Å². The highest BCUT2D eigenvalue weighted by Crippen LogP contribution is 2.31. The lowest BCUT2D eigenvalue weighted by molar-refractivity contribution is -0.385. The van der Waals surface area contributed by atoms with Crippen molar-refractivity contribution in [1.29, 1.82) is 0 Å². The molecule has 0 heterocycles. The Morgan fingerprint density at radius 2 is 2.00 bits per heavy atom. The van der Waals surface area contributed by atoms with Crippen molar-refractivity contribution in [3.8, 4) is 0 Å². The van der Waals surface area contributed by atoms with Crippen molar-refractivity contribution in [1.82, 2.24) is 0 Å². The van der Waals surface area contributed by atoms with E-state index in [0.717, 1.165) is 11.8 Å². The number of nitrogens with zero attached hydrogens (tertiary/aromatic N) is 1. The zero-order chi connectivity index (χ0) is 13.0. The minimum atomic E-state index is -0.568. The predicted octanol–water partition coefficient (Wildman–Crippen LogP) is 3.72. The average Bonchev–Trinajstić information content (AvgIpc) is 2.23. The van der Waals surface area contributed by atoms with Gasteiger partial charge in [0.05, 0.1) is 15.0 Å². The SMILES string of the molecule is CCSC(=O)Cc1cc(Cl)c(Cl)cc1[N+](=O)[O-]. The molecule has 0 N–H and O–H groups in total. The van der Waals surface area contributed by atoms with Crippen molar-refractivity contribution in [3.63, 3.8) is 0 Å². The molecule has 0 amide bonds. The number of hydrogen-bond acceptors (Lipinski definition) is 4. The molecule has 0 radical (unpaired) electrons. The summed E-state index contributed by atoms with van der Waals surface area (Å²) in [5, 5.41) is 11.0. The van der Waals surface area contributed by atoms with Crippen LogP contribution in [0.25, 0.3) is 0 Å². The van der Waals surface area contributed by atoms with Gasteiger partial charge in [-0.1, -0.05) is 41.9 Å². The average molecular weight is 294 g/mol. The van der Waals surface area contributed by atoms with E-state index in [1.54, 1.807) is 0 Å². The molecule has 0 aromatic heterocycles. The van der Waals surface area contributed by atoms with Crippen molar-refractivity contribution >= 4 is 45.8 Å². The molecule has 0 spiro atoms. The van der Waals surface area contributed by atoms with Gasteiger partial charge in [-0.15, -0.1) is 0 Å². The van der Waals surface area contributed by atoms with Crippen LogP contribution in [-0.4, -0.2) is 15.8 Å². The second-order valence-corrected chi connectivity index (χ2v) is 5.27. The molecular weight excluding hydrogens is 285 g/mol. The minimum Gasteiger partial charge on any atom is -0.287 e. The number of hydrogen-bond donors (Lipinski definition) is 0. The van der Waals surface area contributed by atoms with Gasteiger partial charge in [-0.2, -0.15) is 0 Å². The number of thioether (sulfide) groups is 1. The quantitative estimate of drug-likeness (QED) is 0.627. The van der Waals surface area contributed by atoms with E-state index in [1.165, 1.54) is 12.1 Å². The first kappa shape index (κ1) is 14.3. The van der Waals surface area contributed by atoms with Gasteiger partial charge in [0.1, 0.15) is 0 Å². The molecule has 0 aliphatic carbocycles. The number of carbonyl (C=O) groups is 1. The summed E-state index contributed by atoms with van der Waals surface area (Å²) in [5.74, 6) is 0.633. The highest BCUT2D eigenvalue weighted by molar-refractivity contribution is 8.13. The van der Waals surface area contributed by atoms with Crippen molar-refractivity contribution in [3.05, 3.63) is 37.9 Å². The van der Waals surface area contributed by atoms with Crippen LogP contribution in [0.2, 0.25) is 10.0 Å². The van der Waals surface area contributed by atoms with E-state index in [0.29, 0.717) is 5.75 Å². The number of carbonyl (C=O) groups excluding carboxylic acids is 1. The summed E-state index contributed by atoms with van der Waals surface area (Å²) in [6, 6.07) is 2.54. The predicted molar refractivity (Wildman–Crippen MR) is 70.0 cm³/mol. The van der Waals surface area contributed by atoms with E-state index in [2.05, 4.69) is 0 Å². The molecule has 0 unspecified atom stereocenters. The molecule has 0 fully saturated rings. The lowest BCUT2D eigenvalue weighted by Gasteiger charge is -2.04. The normalized spacial score (nSPS) is 10.3. The van der Waals surface area contributed by atoms with Gasteiger partial charge >= 0.3 is 0 Å². The fourth-order valence-corrected chi connectivity index (χ4v) is 2.18. The Balaban J connectivity index is 3.08. The van der Waals surface area contributed by atoms with Gasteiger partial charge in [0.25, 0.3) is 5.69 Å². The standard InChI is InChI=1S/C10H9Cl2NO3S/c1-2-17-10(14)4-6-3-7(11)8(12)5-9(6)13(15)16/h3,5H,2,4H2,1H3. The second kappa shape index (κ2) is 6.23. The van der Waals surface area contributed by atoms with Gasteiger partial charge in [-0.25, -0.2) is 0 Å². The molecule has 1 aromatic carbocycles. The highest BCUT2D eigenvalue weighted by atomic mass is 35.5. The van der Waals surface area contributed by atoms with Gasteiger partial charge in [0.15, 0.2) is 5.12 Å². The Kier molecular flexibility index (Phi) is 5.24.